The average molecular weight is 340 g/mol. The lowest BCUT2D eigenvalue weighted by Gasteiger charge is -2.41. The van der Waals surface area contributed by atoms with Gasteiger partial charge in [0.2, 0.25) is 0 Å². The van der Waals surface area contributed by atoms with Gasteiger partial charge in [-0.2, -0.15) is 13.2 Å². The zero-order chi connectivity index (χ0) is 16.7. The molecule has 2 aromatic rings. The second-order valence-electron chi connectivity index (χ2n) is 5.75. The van der Waals surface area contributed by atoms with Gasteiger partial charge in [0, 0.05) is 13.1 Å². The summed E-state index contributed by atoms with van der Waals surface area (Å²) in [5.41, 5.74) is 1.92. The second kappa shape index (κ2) is 5.53. The maximum absolute atomic E-state index is 12.6. The lowest BCUT2D eigenvalue weighted by molar-refractivity contribution is -0.143. The summed E-state index contributed by atoms with van der Waals surface area (Å²) < 4.78 is 44.3. The lowest BCUT2D eigenvalue weighted by atomic mass is 10.1. The Labute approximate surface area is 135 Å². The van der Waals surface area contributed by atoms with E-state index in [-0.39, 0.29) is 12.4 Å². The number of ether oxygens (including phenoxy) is 1. The van der Waals surface area contributed by atoms with E-state index in [1.807, 2.05) is 23.1 Å². The van der Waals surface area contributed by atoms with Crippen molar-refractivity contribution in [1.82, 2.24) is 20.2 Å². The van der Waals surface area contributed by atoms with Crippen LogP contribution in [-0.4, -0.2) is 52.6 Å². The van der Waals surface area contributed by atoms with E-state index >= 15 is 0 Å². The summed E-state index contributed by atoms with van der Waals surface area (Å²) in [6.45, 7) is 1.95. The molecule has 3 heterocycles. The molecule has 0 N–H and O–H groups in total. The van der Waals surface area contributed by atoms with Gasteiger partial charge >= 0.3 is 6.18 Å². The van der Waals surface area contributed by atoms with Gasteiger partial charge < -0.3 is 14.5 Å². The highest BCUT2D eigenvalue weighted by atomic mass is 19.4. The summed E-state index contributed by atoms with van der Waals surface area (Å²) in [6.07, 6.45) is -4.36. The van der Waals surface area contributed by atoms with Gasteiger partial charge in [-0.1, -0.05) is 6.07 Å². The fourth-order valence-electron chi connectivity index (χ4n) is 3.13. The van der Waals surface area contributed by atoms with Crippen LogP contribution in [0.25, 0.3) is 0 Å². The van der Waals surface area contributed by atoms with Gasteiger partial charge in [0.05, 0.1) is 18.8 Å². The first-order valence-electron chi connectivity index (χ1n) is 7.59. The van der Waals surface area contributed by atoms with Crippen molar-refractivity contribution in [3.63, 3.8) is 0 Å². The van der Waals surface area contributed by atoms with Crippen molar-refractivity contribution in [2.24, 2.45) is 0 Å². The van der Waals surface area contributed by atoms with Crippen LogP contribution in [0.15, 0.2) is 18.2 Å². The van der Waals surface area contributed by atoms with E-state index in [2.05, 4.69) is 20.4 Å². The van der Waals surface area contributed by atoms with Crippen LogP contribution in [0.2, 0.25) is 0 Å². The van der Waals surface area contributed by atoms with E-state index in [1.54, 1.807) is 0 Å². The molecular formula is C14H15F3N6O. The number of rotatable bonds is 3. The van der Waals surface area contributed by atoms with Crippen LogP contribution in [0, 0.1) is 0 Å². The predicted octanol–water partition coefficient (Wildman–Crippen LogP) is 1.45. The third-order valence-corrected chi connectivity index (χ3v) is 4.16. The molecule has 2 aliphatic rings. The van der Waals surface area contributed by atoms with Crippen LogP contribution in [0.5, 0.6) is 5.75 Å². The number of hydrogen-bond donors (Lipinski definition) is 0. The maximum Gasteiger partial charge on any atom is 0.408 e. The molecule has 0 saturated heterocycles. The molecule has 10 heteroatoms. The molecular weight excluding hydrogens is 325 g/mol. The van der Waals surface area contributed by atoms with E-state index < -0.39 is 12.7 Å². The van der Waals surface area contributed by atoms with E-state index in [9.17, 15) is 13.2 Å². The molecule has 0 fully saturated rings. The van der Waals surface area contributed by atoms with Crippen molar-refractivity contribution in [3.8, 4) is 5.75 Å². The second-order valence-corrected chi connectivity index (χ2v) is 5.75. The Hall–Kier alpha value is -2.52. The molecule has 1 aromatic heterocycles. The number of anilines is 2. The lowest BCUT2D eigenvalue weighted by Crippen LogP contribution is -2.44. The van der Waals surface area contributed by atoms with Crippen molar-refractivity contribution >= 4 is 11.4 Å². The quantitative estimate of drug-likeness (QED) is 0.843. The Bertz CT molecular complexity index is 746. The highest BCUT2D eigenvalue weighted by Gasteiger charge is 2.32. The molecule has 0 spiro atoms. The van der Waals surface area contributed by atoms with Crippen LogP contribution in [0.1, 0.15) is 5.82 Å². The third kappa shape index (κ3) is 2.72. The first-order chi connectivity index (χ1) is 11.5. The number of para-hydroxylation sites is 1. The van der Waals surface area contributed by atoms with Crippen LogP contribution in [0.4, 0.5) is 24.5 Å². The first-order valence-corrected chi connectivity index (χ1v) is 7.59. The summed E-state index contributed by atoms with van der Waals surface area (Å²) >= 11 is 0. The van der Waals surface area contributed by atoms with Crippen LogP contribution >= 0.6 is 0 Å². The van der Waals surface area contributed by atoms with Gasteiger partial charge in [0.25, 0.3) is 0 Å². The number of halogens is 3. The topological polar surface area (TPSA) is 59.3 Å². The largest absolute Gasteiger partial charge is 0.489 e. The van der Waals surface area contributed by atoms with Gasteiger partial charge in [-0.05, 0) is 22.6 Å². The van der Waals surface area contributed by atoms with Crippen molar-refractivity contribution in [3.05, 3.63) is 24.0 Å². The Kier molecular flexibility index (Phi) is 3.47. The van der Waals surface area contributed by atoms with Gasteiger partial charge in [-0.3, -0.25) is 0 Å². The Morgan fingerprint density at radius 1 is 1.17 bits per heavy atom. The summed E-state index contributed by atoms with van der Waals surface area (Å²) in [4.78, 5) is 4.23. The Balaban J connectivity index is 1.62. The van der Waals surface area contributed by atoms with Crippen molar-refractivity contribution in [2.45, 2.75) is 19.3 Å². The number of hydrogen-bond acceptors (Lipinski definition) is 6. The highest BCUT2D eigenvalue weighted by Crippen LogP contribution is 2.42. The Morgan fingerprint density at radius 3 is 2.88 bits per heavy atom. The molecule has 0 bridgehead atoms. The minimum Gasteiger partial charge on any atom is -0.489 e. The number of alkyl halides is 3. The van der Waals surface area contributed by atoms with Crippen LogP contribution in [-0.2, 0) is 13.1 Å². The van der Waals surface area contributed by atoms with Gasteiger partial charge in [0.1, 0.15) is 24.6 Å². The molecule has 0 aliphatic carbocycles. The molecule has 4 rings (SSSR count). The van der Waals surface area contributed by atoms with Crippen LogP contribution in [0.3, 0.4) is 0 Å². The van der Waals surface area contributed by atoms with E-state index in [0.717, 1.165) is 34.9 Å². The number of benzene rings is 1. The smallest absolute Gasteiger partial charge is 0.408 e. The van der Waals surface area contributed by atoms with E-state index in [1.165, 1.54) is 0 Å². The predicted molar refractivity (Wildman–Crippen MR) is 79.1 cm³/mol. The molecule has 0 unspecified atom stereocenters. The molecule has 0 amide bonds. The van der Waals surface area contributed by atoms with E-state index in [0.29, 0.717) is 13.2 Å². The first kappa shape index (κ1) is 15.0. The average Bonchev–Trinajstić information content (AvgIpc) is 2.95. The maximum atomic E-state index is 12.6. The van der Waals surface area contributed by atoms with Crippen molar-refractivity contribution in [1.29, 1.82) is 0 Å². The van der Waals surface area contributed by atoms with Gasteiger partial charge in [-0.25, -0.2) is 4.68 Å². The molecule has 2 aliphatic heterocycles. The summed E-state index contributed by atoms with van der Waals surface area (Å²) in [6, 6.07) is 5.73. The fraction of sp³-hybridized carbons (Fsp3) is 0.500. The minimum absolute atomic E-state index is 0.190. The standard InChI is InChI=1S/C14H15F3N6O/c15-14(16,17)9-23-12(18-19-20-23)8-22-5-4-21-6-7-24-11-3-1-2-10(22)13(11)21/h1-3H,4-9H2. The fourth-order valence-corrected chi connectivity index (χ4v) is 3.13. The molecule has 128 valence electrons. The normalized spacial score (nSPS) is 16.8. The number of aromatic nitrogens is 4. The van der Waals surface area contributed by atoms with Gasteiger partial charge in [0.15, 0.2) is 5.82 Å². The third-order valence-electron chi connectivity index (χ3n) is 4.16. The van der Waals surface area contributed by atoms with Crippen LogP contribution < -0.4 is 14.5 Å². The zero-order valence-electron chi connectivity index (χ0n) is 12.7. The minimum atomic E-state index is -4.36. The molecule has 24 heavy (non-hydrogen) atoms. The molecule has 0 saturated carbocycles. The van der Waals surface area contributed by atoms with Crippen molar-refractivity contribution < 1.29 is 17.9 Å². The summed E-state index contributed by atoms with van der Waals surface area (Å²) in [5.74, 6) is 0.994. The molecule has 0 radical (unpaired) electrons. The van der Waals surface area contributed by atoms with Crippen molar-refractivity contribution in [2.75, 3.05) is 36.0 Å². The molecule has 1 aromatic carbocycles. The number of nitrogens with zero attached hydrogens (tertiary/aromatic N) is 6. The monoisotopic (exact) mass is 340 g/mol. The van der Waals surface area contributed by atoms with Gasteiger partial charge in [-0.15, -0.1) is 5.10 Å². The molecule has 0 atom stereocenters. The summed E-state index contributed by atoms with van der Waals surface area (Å²) in [7, 11) is 0. The number of tetrazole rings is 1. The molecule has 7 nitrogen and oxygen atoms in total. The summed E-state index contributed by atoms with van der Waals surface area (Å²) in [5, 5.41) is 10.6. The van der Waals surface area contributed by atoms with E-state index in [4.69, 9.17) is 4.74 Å². The zero-order valence-corrected chi connectivity index (χ0v) is 12.7. The highest BCUT2D eigenvalue weighted by molar-refractivity contribution is 5.80. The Morgan fingerprint density at radius 2 is 2.04 bits per heavy atom. The SMILES string of the molecule is FC(F)(F)Cn1nnnc1CN1CCN2CCOc3cccc1c32.